The Morgan fingerprint density at radius 3 is 2.28 bits per heavy atom. The number of hydrogen-bond acceptors (Lipinski definition) is 6. The predicted octanol–water partition coefficient (Wildman–Crippen LogP) is 7.26. The van der Waals surface area contributed by atoms with E-state index in [4.69, 9.17) is 0 Å². The summed E-state index contributed by atoms with van der Waals surface area (Å²) in [6, 6.07) is 33.2. The average Bonchev–Trinajstić information content (AvgIpc) is 2.94. The van der Waals surface area contributed by atoms with E-state index in [-0.39, 0.29) is 5.91 Å². The maximum atomic E-state index is 12.7. The van der Waals surface area contributed by atoms with Crippen molar-refractivity contribution in [1.82, 2.24) is 9.97 Å². The van der Waals surface area contributed by atoms with E-state index in [0.29, 0.717) is 17.1 Å². The molecule has 4 aromatic carbocycles. The summed E-state index contributed by atoms with van der Waals surface area (Å²) in [5, 5.41) is 9.86. The Hall–Kier alpha value is -5.17. The second kappa shape index (κ2) is 11.5. The third kappa shape index (κ3) is 6.40. The van der Waals surface area contributed by atoms with Crippen molar-refractivity contribution in [3.63, 3.8) is 0 Å². The molecule has 3 N–H and O–H groups in total. The third-order valence-corrected chi connectivity index (χ3v) is 6.18. The first-order valence-corrected chi connectivity index (χ1v) is 12.7. The average molecular weight is 515 g/mol. The highest BCUT2D eigenvalue weighted by molar-refractivity contribution is 6.04. The van der Waals surface area contributed by atoms with Crippen molar-refractivity contribution in [1.29, 1.82) is 0 Å². The number of benzene rings is 4. The van der Waals surface area contributed by atoms with Gasteiger partial charge in [-0.2, -0.15) is 0 Å². The Kier molecular flexibility index (Phi) is 7.50. The molecule has 0 saturated carbocycles. The normalized spacial score (nSPS) is 10.5. The van der Waals surface area contributed by atoms with Gasteiger partial charge in [-0.25, -0.2) is 9.97 Å². The standard InChI is InChI=1S/C32H30N6O/c1-22-9-6-10-23(17-22)32(39)37-25-12-7-11-24(18-25)35-29-16-5-4-15-28(29)30-20-31(34-21-33-30)36-26-13-8-14-27(19-26)38(2)3/h4-21,35H,1-3H3,(H,37,39)(H,33,34,36). The van der Waals surface area contributed by atoms with Gasteiger partial charge in [0.15, 0.2) is 0 Å². The molecule has 7 heteroatoms. The minimum Gasteiger partial charge on any atom is -0.378 e. The molecule has 0 aliphatic rings. The minimum atomic E-state index is -0.145. The monoisotopic (exact) mass is 514 g/mol. The molecular weight excluding hydrogens is 484 g/mol. The second-order valence-corrected chi connectivity index (χ2v) is 9.43. The van der Waals surface area contributed by atoms with Gasteiger partial charge in [-0.1, -0.05) is 48.0 Å². The number of nitrogens with zero attached hydrogens (tertiary/aromatic N) is 3. The molecule has 0 aliphatic heterocycles. The predicted molar refractivity (Wildman–Crippen MR) is 160 cm³/mol. The zero-order valence-corrected chi connectivity index (χ0v) is 22.1. The highest BCUT2D eigenvalue weighted by Gasteiger charge is 2.10. The summed E-state index contributed by atoms with van der Waals surface area (Å²) < 4.78 is 0. The summed E-state index contributed by atoms with van der Waals surface area (Å²) in [5.41, 5.74) is 7.86. The minimum absolute atomic E-state index is 0.145. The second-order valence-electron chi connectivity index (χ2n) is 9.43. The van der Waals surface area contributed by atoms with Gasteiger partial charge in [0.1, 0.15) is 12.1 Å². The number of carbonyl (C=O) groups is 1. The Labute approximate surface area is 228 Å². The number of para-hydroxylation sites is 1. The van der Waals surface area contributed by atoms with Gasteiger partial charge < -0.3 is 20.9 Å². The van der Waals surface area contributed by atoms with Crippen LogP contribution in [0.2, 0.25) is 0 Å². The lowest BCUT2D eigenvalue weighted by atomic mass is 10.1. The molecule has 1 heterocycles. The Balaban J connectivity index is 1.35. The van der Waals surface area contributed by atoms with Crippen LogP contribution < -0.4 is 20.9 Å². The maximum Gasteiger partial charge on any atom is 0.255 e. The van der Waals surface area contributed by atoms with Crippen molar-refractivity contribution in [2.75, 3.05) is 34.9 Å². The summed E-state index contributed by atoms with van der Waals surface area (Å²) in [6.07, 6.45) is 1.56. The Morgan fingerprint density at radius 1 is 0.718 bits per heavy atom. The molecule has 39 heavy (non-hydrogen) atoms. The molecule has 0 spiro atoms. The summed E-state index contributed by atoms with van der Waals surface area (Å²) in [6.45, 7) is 1.97. The molecule has 1 aromatic heterocycles. The lowest BCUT2D eigenvalue weighted by Gasteiger charge is -2.15. The van der Waals surface area contributed by atoms with Gasteiger partial charge in [0.25, 0.3) is 5.91 Å². The summed E-state index contributed by atoms with van der Waals surface area (Å²) in [4.78, 5) is 23.8. The van der Waals surface area contributed by atoms with E-state index in [2.05, 4.69) is 43.0 Å². The van der Waals surface area contributed by atoms with Crippen LogP contribution in [0.5, 0.6) is 0 Å². The number of aryl methyl sites for hydroxylation is 1. The van der Waals surface area contributed by atoms with Crippen LogP contribution >= 0.6 is 0 Å². The van der Waals surface area contributed by atoms with E-state index in [9.17, 15) is 4.79 Å². The number of rotatable bonds is 8. The fourth-order valence-electron chi connectivity index (χ4n) is 4.22. The Bertz CT molecular complexity index is 1610. The highest BCUT2D eigenvalue weighted by atomic mass is 16.1. The summed E-state index contributed by atoms with van der Waals surface area (Å²) in [5.74, 6) is 0.556. The van der Waals surface area contributed by atoms with Crippen LogP contribution in [0.4, 0.5) is 34.3 Å². The van der Waals surface area contributed by atoms with Crippen molar-refractivity contribution >= 4 is 40.2 Å². The van der Waals surface area contributed by atoms with Crippen molar-refractivity contribution in [2.45, 2.75) is 6.92 Å². The number of carbonyl (C=O) groups excluding carboxylic acids is 1. The van der Waals surface area contributed by atoms with Gasteiger partial charge in [0.05, 0.1) is 5.69 Å². The molecule has 0 saturated heterocycles. The van der Waals surface area contributed by atoms with Crippen molar-refractivity contribution in [3.05, 3.63) is 121 Å². The van der Waals surface area contributed by atoms with Crippen LogP contribution in [0.1, 0.15) is 15.9 Å². The van der Waals surface area contributed by atoms with Gasteiger partial charge in [-0.05, 0) is 61.5 Å². The molecule has 7 nitrogen and oxygen atoms in total. The topological polar surface area (TPSA) is 82.2 Å². The molecule has 0 aliphatic carbocycles. The van der Waals surface area contributed by atoms with Gasteiger partial charge in [0.2, 0.25) is 0 Å². The highest BCUT2D eigenvalue weighted by Crippen LogP contribution is 2.31. The van der Waals surface area contributed by atoms with E-state index < -0.39 is 0 Å². The number of hydrogen-bond donors (Lipinski definition) is 3. The molecule has 194 valence electrons. The van der Waals surface area contributed by atoms with Crippen LogP contribution in [0, 0.1) is 6.92 Å². The van der Waals surface area contributed by atoms with Gasteiger partial charge >= 0.3 is 0 Å². The van der Waals surface area contributed by atoms with Crippen LogP contribution in [0.3, 0.4) is 0 Å². The fourth-order valence-corrected chi connectivity index (χ4v) is 4.22. The molecule has 5 aromatic rings. The number of nitrogens with one attached hydrogen (secondary N) is 3. The first-order chi connectivity index (χ1) is 18.9. The molecule has 0 bridgehead atoms. The smallest absolute Gasteiger partial charge is 0.255 e. The Morgan fingerprint density at radius 2 is 1.46 bits per heavy atom. The van der Waals surface area contributed by atoms with Crippen LogP contribution in [-0.2, 0) is 0 Å². The molecular formula is C32H30N6O. The molecule has 1 amide bonds. The number of anilines is 6. The van der Waals surface area contributed by atoms with Crippen LogP contribution in [-0.4, -0.2) is 30.0 Å². The lowest BCUT2D eigenvalue weighted by Crippen LogP contribution is -2.12. The molecule has 0 fully saturated rings. The quantitative estimate of drug-likeness (QED) is 0.202. The van der Waals surface area contributed by atoms with Crippen LogP contribution in [0.25, 0.3) is 11.3 Å². The molecule has 5 rings (SSSR count). The fraction of sp³-hybridized carbons (Fsp3) is 0.0938. The van der Waals surface area contributed by atoms with Gasteiger partial charge in [-0.15, -0.1) is 0 Å². The molecule has 0 atom stereocenters. The van der Waals surface area contributed by atoms with Crippen LogP contribution in [0.15, 0.2) is 109 Å². The largest absolute Gasteiger partial charge is 0.378 e. The van der Waals surface area contributed by atoms with E-state index in [1.165, 1.54) is 0 Å². The maximum absolute atomic E-state index is 12.7. The van der Waals surface area contributed by atoms with Gasteiger partial charge in [0, 0.05) is 59.7 Å². The summed E-state index contributed by atoms with van der Waals surface area (Å²) in [7, 11) is 4.03. The van der Waals surface area contributed by atoms with Crippen molar-refractivity contribution in [3.8, 4) is 11.3 Å². The molecule has 0 unspecified atom stereocenters. The first kappa shape index (κ1) is 25.5. The third-order valence-electron chi connectivity index (χ3n) is 6.18. The van der Waals surface area contributed by atoms with E-state index >= 15 is 0 Å². The summed E-state index contributed by atoms with van der Waals surface area (Å²) >= 11 is 0. The first-order valence-electron chi connectivity index (χ1n) is 12.7. The molecule has 0 radical (unpaired) electrons. The number of aromatic nitrogens is 2. The van der Waals surface area contributed by atoms with E-state index in [1.807, 2.05) is 112 Å². The van der Waals surface area contributed by atoms with Crippen molar-refractivity contribution < 1.29 is 4.79 Å². The SMILES string of the molecule is Cc1cccc(C(=O)Nc2cccc(Nc3ccccc3-c3cc(Nc4cccc(N(C)C)c4)ncn3)c2)c1. The van der Waals surface area contributed by atoms with E-state index in [1.54, 1.807) is 6.33 Å². The zero-order chi connectivity index (χ0) is 27.2. The zero-order valence-electron chi connectivity index (χ0n) is 22.1. The van der Waals surface area contributed by atoms with Crippen molar-refractivity contribution in [2.24, 2.45) is 0 Å². The van der Waals surface area contributed by atoms with E-state index in [0.717, 1.165) is 39.6 Å². The van der Waals surface area contributed by atoms with Gasteiger partial charge in [-0.3, -0.25) is 4.79 Å². The number of amides is 1. The lowest BCUT2D eigenvalue weighted by molar-refractivity contribution is 0.102.